The fourth-order valence-corrected chi connectivity index (χ4v) is 5.18. The molecule has 1 saturated carbocycles. The van der Waals surface area contributed by atoms with E-state index in [9.17, 15) is 8.42 Å². The SMILES string of the molecule is CCC1C(=N)N(C(C)=N)c2cnc(-c3ccncc3CNS(C)(=O)=O)nc2N1C1CCCC1. The number of rotatable bonds is 6. The Balaban J connectivity index is 1.84. The summed E-state index contributed by atoms with van der Waals surface area (Å²) < 4.78 is 25.7. The Morgan fingerprint density at radius 3 is 2.64 bits per heavy atom. The van der Waals surface area contributed by atoms with Crippen molar-refractivity contribution in [3.8, 4) is 11.4 Å². The molecule has 3 N–H and O–H groups in total. The van der Waals surface area contributed by atoms with Gasteiger partial charge in [0.2, 0.25) is 10.0 Å². The number of hydrogen-bond acceptors (Lipinski definition) is 8. The third-order valence-corrected chi connectivity index (χ3v) is 6.91. The molecule has 33 heavy (non-hydrogen) atoms. The third-order valence-electron chi connectivity index (χ3n) is 6.24. The minimum absolute atomic E-state index is 0.0861. The van der Waals surface area contributed by atoms with Gasteiger partial charge >= 0.3 is 0 Å². The number of aromatic nitrogens is 3. The zero-order valence-corrected chi connectivity index (χ0v) is 20.0. The topological polar surface area (TPSA) is 139 Å². The van der Waals surface area contributed by atoms with Crippen LogP contribution in [-0.2, 0) is 16.6 Å². The summed E-state index contributed by atoms with van der Waals surface area (Å²) in [4.78, 5) is 17.5. The molecule has 176 valence electrons. The molecule has 1 fully saturated rings. The van der Waals surface area contributed by atoms with Crippen LogP contribution in [0.4, 0.5) is 11.5 Å². The smallest absolute Gasteiger partial charge is 0.209 e. The van der Waals surface area contributed by atoms with Crippen LogP contribution < -0.4 is 14.5 Å². The molecule has 0 aromatic carbocycles. The number of anilines is 2. The largest absolute Gasteiger partial charge is 0.342 e. The third kappa shape index (κ3) is 4.60. The summed E-state index contributed by atoms with van der Waals surface area (Å²) in [5.41, 5.74) is 2.01. The summed E-state index contributed by atoms with van der Waals surface area (Å²) in [6, 6.07) is 1.89. The number of nitrogens with zero attached hydrogens (tertiary/aromatic N) is 5. The van der Waals surface area contributed by atoms with Crippen molar-refractivity contribution in [2.75, 3.05) is 16.1 Å². The highest BCUT2D eigenvalue weighted by Crippen LogP contribution is 2.41. The van der Waals surface area contributed by atoms with E-state index >= 15 is 0 Å². The molecule has 1 aliphatic carbocycles. The van der Waals surface area contributed by atoms with E-state index in [1.54, 1.807) is 36.5 Å². The zero-order valence-electron chi connectivity index (χ0n) is 19.2. The first kappa shape index (κ1) is 23.2. The summed E-state index contributed by atoms with van der Waals surface area (Å²) >= 11 is 0. The molecule has 4 rings (SSSR count). The van der Waals surface area contributed by atoms with Gasteiger partial charge in [0.05, 0.1) is 18.5 Å². The van der Waals surface area contributed by atoms with Crippen LogP contribution >= 0.6 is 0 Å². The molecule has 2 aromatic heterocycles. The van der Waals surface area contributed by atoms with Crippen LogP contribution in [0, 0.1) is 10.8 Å². The minimum Gasteiger partial charge on any atom is -0.342 e. The molecule has 2 aromatic rings. The Labute approximate surface area is 194 Å². The zero-order chi connectivity index (χ0) is 23.8. The van der Waals surface area contributed by atoms with E-state index in [4.69, 9.17) is 15.8 Å². The van der Waals surface area contributed by atoms with Gasteiger partial charge in [-0.15, -0.1) is 0 Å². The summed E-state index contributed by atoms with van der Waals surface area (Å²) in [6.07, 6.45) is 11.2. The monoisotopic (exact) mass is 470 g/mol. The van der Waals surface area contributed by atoms with Gasteiger partial charge in [0.15, 0.2) is 11.6 Å². The molecule has 2 aliphatic rings. The van der Waals surface area contributed by atoms with E-state index in [2.05, 4.69) is 26.5 Å². The highest BCUT2D eigenvalue weighted by atomic mass is 32.2. The lowest BCUT2D eigenvalue weighted by atomic mass is 10.0. The van der Waals surface area contributed by atoms with E-state index in [0.717, 1.165) is 44.2 Å². The van der Waals surface area contributed by atoms with Gasteiger partial charge in [0, 0.05) is 30.5 Å². The summed E-state index contributed by atoms with van der Waals surface area (Å²) in [7, 11) is -3.37. The molecule has 0 spiro atoms. The molecule has 0 saturated heterocycles. The lowest BCUT2D eigenvalue weighted by Crippen LogP contribution is -2.57. The van der Waals surface area contributed by atoms with Crippen LogP contribution in [0.2, 0.25) is 0 Å². The lowest BCUT2D eigenvalue weighted by molar-refractivity contribution is 0.548. The fourth-order valence-electron chi connectivity index (χ4n) is 4.76. The minimum atomic E-state index is -3.37. The van der Waals surface area contributed by atoms with Crippen LogP contribution in [-0.4, -0.2) is 53.4 Å². The Bertz CT molecular complexity index is 1180. The Kier molecular flexibility index (Phi) is 6.44. The van der Waals surface area contributed by atoms with Crippen molar-refractivity contribution in [3.63, 3.8) is 0 Å². The van der Waals surface area contributed by atoms with Crippen molar-refractivity contribution in [1.29, 1.82) is 10.8 Å². The van der Waals surface area contributed by atoms with E-state index in [-0.39, 0.29) is 24.5 Å². The van der Waals surface area contributed by atoms with Gasteiger partial charge in [-0.1, -0.05) is 19.8 Å². The van der Waals surface area contributed by atoms with E-state index in [0.29, 0.717) is 28.5 Å². The molecule has 1 unspecified atom stereocenters. The average molecular weight is 471 g/mol. The average Bonchev–Trinajstić information content (AvgIpc) is 3.30. The Morgan fingerprint density at radius 2 is 2.00 bits per heavy atom. The summed E-state index contributed by atoms with van der Waals surface area (Å²) in [5, 5.41) is 17.1. The second kappa shape index (κ2) is 9.14. The number of amidine groups is 2. The quantitative estimate of drug-likeness (QED) is 0.436. The number of fused-ring (bicyclic) bond motifs is 1. The first-order valence-corrected chi connectivity index (χ1v) is 13.1. The highest BCUT2D eigenvalue weighted by Gasteiger charge is 2.41. The first-order chi connectivity index (χ1) is 15.7. The van der Waals surface area contributed by atoms with Crippen molar-refractivity contribution in [2.45, 2.75) is 64.6 Å². The van der Waals surface area contributed by atoms with Gasteiger partial charge in [-0.25, -0.2) is 23.1 Å². The normalized spacial score (nSPS) is 19.1. The maximum Gasteiger partial charge on any atom is 0.209 e. The van der Waals surface area contributed by atoms with Crippen LogP contribution in [0.15, 0.2) is 24.7 Å². The van der Waals surface area contributed by atoms with Crippen molar-refractivity contribution in [1.82, 2.24) is 19.7 Å². The van der Waals surface area contributed by atoms with Gasteiger partial charge in [0.1, 0.15) is 17.4 Å². The van der Waals surface area contributed by atoms with Gasteiger partial charge in [0.25, 0.3) is 0 Å². The number of hydrogen-bond donors (Lipinski definition) is 3. The number of nitrogens with one attached hydrogen (secondary N) is 3. The van der Waals surface area contributed by atoms with Crippen LogP contribution in [0.1, 0.15) is 51.5 Å². The first-order valence-electron chi connectivity index (χ1n) is 11.2. The van der Waals surface area contributed by atoms with E-state index in [1.807, 2.05) is 0 Å². The molecule has 10 nitrogen and oxygen atoms in total. The van der Waals surface area contributed by atoms with Crippen molar-refractivity contribution in [3.05, 3.63) is 30.2 Å². The van der Waals surface area contributed by atoms with Gasteiger partial charge in [-0.3, -0.25) is 20.7 Å². The van der Waals surface area contributed by atoms with Crippen molar-refractivity contribution >= 4 is 33.2 Å². The van der Waals surface area contributed by atoms with Crippen LogP contribution in [0.25, 0.3) is 11.4 Å². The summed E-state index contributed by atoms with van der Waals surface area (Å²) in [6.45, 7) is 3.81. The molecular weight excluding hydrogens is 440 g/mol. The molecule has 0 bridgehead atoms. The Morgan fingerprint density at radius 1 is 1.27 bits per heavy atom. The van der Waals surface area contributed by atoms with Gasteiger partial charge < -0.3 is 4.90 Å². The summed E-state index contributed by atoms with van der Waals surface area (Å²) in [5.74, 6) is 1.82. The molecule has 3 heterocycles. The lowest BCUT2D eigenvalue weighted by Gasteiger charge is -2.46. The van der Waals surface area contributed by atoms with Crippen LogP contribution in [0.3, 0.4) is 0 Å². The Hall–Kier alpha value is -2.92. The molecule has 0 amide bonds. The fraction of sp³-hybridized carbons (Fsp3) is 0.500. The van der Waals surface area contributed by atoms with Gasteiger partial charge in [-0.2, -0.15) is 0 Å². The van der Waals surface area contributed by atoms with Crippen molar-refractivity contribution in [2.24, 2.45) is 0 Å². The van der Waals surface area contributed by atoms with E-state index in [1.165, 1.54) is 0 Å². The maximum absolute atomic E-state index is 11.6. The van der Waals surface area contributed by atoms with Gasteiger partial charge in [-0.05, 0) is 37.8 Å². The predicted molar refractivity (Wildman–Crippen MR) is 129 cm³/mol. The predicted octanol–water partition coefficient (Wildman–Crippen LogP) is 2.91. The number of pyridine rings is 1. The second-order valence-electron chi connectivity index (χ2n) is 8.60. The molecule has 0 radical (unpaired) electrons. The second-order valence-corrected chi connectivity index (χ2v) is 10.4. The molecule has 1 atom stereocenters. The van der Waals surface area contributed by atoms with Crippen LogP contribution in [0.5, 0.6) is 0 Å². The molecule has 1 aliphatic heterocycles. The molecular formula is C22H30N8O2S. The standard InChI is InChI=1S/C22H30N8O2S/c1-4-18-20(24)29(14(2)23)19-13-26-21(28-22(19)30(18)16-7-5-6-8-16)17-9-10-25-11-15(17)12-27-33(3,31)32/h9-11,13,16,18,23-24,27H,4-8,12H2,1-3H3. The highest BCUT2D eigenvalue weighted by molar-refractivity contribution is 7.88. The maximum atomic E-state index is 11.6. The van der Waals surface area contributed by atoms with Crippen molar-refractivity contribution < 1.29 is 8.42 Å². The molecule has 11 heteroatoms. The number of sulfonamides is 1. The van der Waals surface area contributed by atoms with E-state index < -0.39 is 10.0 Å².